The zero-order valence-corrected chi connectivity index (χ0v) is 17.8. The van der Waals surface area contributed by atoms with Crippen LogP contribution in [-0.2, 0) is 0 Å². The highest BCUT2D eigenvalue weighted by atomic mass is 35.5. The summed E-state index contributed by atoms with van der Waals surface area (Å²) >= 11 is 6.32. The molecule has 0 aliphatic heterocycles. The first-order valence-electron chi connectivity index (χ1n) is 9.74. The van der Waals surface area contributed by atoms with E-state index in [9.17, 15) is 10.1 Å². The van der Waals surface area contributed by atoms with Crippen LogP contribution in [-0.4, -0.2) is 29.7 Å². The number of benzene rings is 1. The molecule has 4 rings (SSSR count). The molecule has 11 nitrogen and oxygen atoms in total. The molecular weight excluding hydrogens is 432 g/mol. The molecule has 0 radical (unpaired) electrons. The maximum atomic E-state index is 13.5. The van der Waals surface area contributed by atoms with Crippen LogP contribution in [0.15, 0.2) is 35.4 Å². The summed E-state index contributed by atoms with van der Waals surface area (Å²) in [7, 11) is 0. The summed E-state index contributed by atoms with van der Waals surface area (Å²) in [6.45, 7) is 1.99. The molecule has 0 unspecified atom stereocenters. The minimum Gasteiger partial charge on any atom is -0.382 e. The number of nitrogen functional groups attached to an aromatic ring is 2. The fourth-order valence-corrected chi connectivity index (χ4v) is 3.74. The second-order valence-electron chi connectivity index (χ2n) is 6.99. The van der Waals surface area contributed by atoms with E-state index in [1.54, 1.807) is 24.4 Å². The fraction of sp³-hybridized carbons (Fsp3) is 0.200. The van der Waals surface area contributed by atoms with Crippen molar-refractivity contribution in [1.82, 2.24) is 29.7 Å². The van der Waals surface area contributed by atoms with Gasteiger partial charge in [-0.25, -0.2) is 4.98 Å². The molecule has 0 saturated heterocycles. The smallest absolute Gasteiger partial charge is 0.267 e. The molecule has 0 bridgehead atoms. The molecule has 1 aromatic carbocycles. The Balaban J connectivity index is 1.97. The molecule has 0 aliphatic carbocycles. The normalized spacial score (nSPS) is 11.9. The predicted molar refractivity (Wildman–Crippen MR) is 121 cm³/mol. The van der Waals surface area contributed by atoms with Crippen molar-refractivity contribution in [3.63, 3.8) is 0 Å². The lowest BCUT2D eigenvalue weighted by atomic mass is 10.1. The number of nitrogens with zero attached hydrogens (tertiary/aromatic N) is 6. The van der Waals surface area contributed by atoms with E-state index in [1.807, 2.05) is 13.0 Å². The highest BCUT2D eigenvalue weighted by Gasteiger charge is 2.24. The van der Waals surface area contributed by atoms with Gasteiger partial charge in [0.05, 0.1) is 33.9 Å². The summed E-state index contributed by atoms with van der Waals surface area (Å²) in [4.78, 5) is 26.2. The van der Waals surface area contributed by atoms with Gasteiger partial charge in [0, 0.05) is 6.20 Å². The predicted octanol–water partition coefficient (Wildman–Crippen LogP) is 2.54. The molecule has 0 aliphatic rings. The van der Waals surface area contributed by atoms with E-state index in [4.69, 9.17) is 28.1 Å². The molecule has 0 amide bonds. The van der Waals surface area contributed by atoms with Gasteiger partial charge in [0.1, 0.15) is 23.3 Å². The van der Waals surface area contributed by atoms with Gasteiger partial charge in [-0.2, -0.15) is 20.3 Å². The first kappa shape index (κ1) is 21.1. The molecule has 4 aromatic rings. The van der Waals surface area contributed by atoms with Gasteiger partial charge in [0.2, 0.25) is 5.95 Å². The summed E-state index contributed by atoms with van der Waals surface area (Å²) in [5, 5.41) is 20.0. The van der Waals surface area contributed by atoms with E-state index < -0.39 is 6.04 Å². The molecule has 0 spiro atoms. The molecule has 3 aromatic heterocycles. The van der Waals surface area contributed by atoms with Crippen LogP contribution in [0.25, 0.3) is 16.6 Å². The van der Waals surface area contributed by atoms with Crippen LogP contribution in [0, 0.1) is 11.3 Å². The van der Waals surface area contributed by atoms with E-state index in [2.05, 4.69) is 25.5 Å². The van der Waals surface area contributed by atoms with Gasteiger partial charge in [-0.05, 0) is 18.6 Å². The number of fused-ring (bicyclic) bond motifs is 1. The Labute approximate surface area is 187 Å². The summed E-state index contributed by atoms with van der Waals surface area (Å²) in [5.41, 5.74) is 12.2. The van der Waals surface area contributed by atoms with Crippen molar-refractivity contribution < 1.29 is 0 Å². The van der Waals surface area contributed by atoms with Crippen molar-refractivity contribution in [2.45, 2.75) is 25.8 Å². The SMILES string of the molecule is CCC[C@H](Nc1nc(N)nc(N)c1C#N)c1nc2cccc(Cl)c2c(=O)n1-c1cn[nH]c1. The number of anilines is 3. The quantitative estimate of drug-likeness (QED) is 0.343. The van der Waals surface area contributed by atoms with Crippen LogP contribution in [0.2, 0.25) is 5.02 Å². The first-order chi connectivity index (χ1) is 15.4. The highest BCUT2D eigenvalue weighted by molar-refractivity contribution is 6.35. The lowest BCUT2D eigenvalue weighted by Crippen LogP contribution is -2.28. The molecule has 32 heavy (non-hydrogen) atoms. The van der Waals surface area contributed by atoms with Gasteiger partial charge in [0.25, 0.3) is 5.56 Å². The standard InChI is InChI=1S/C20H19ClN10O/c1-2-4-14(27-17-11(7-22)16(23)29-20(24)30-17)18-28-13-6-3-5-12(21)15(13)19(32)31(18)10-8-25-26-9-10/h3,5-6,8-9,14H,2,4H2,1H3,(H,25,26)(H5,23,24,27,29,30)/t14-/m0/s1. The first-order valence-corrected chi connectivity index (χ1v) is 10.1. The number of H-pyrrole nitrogens is 1. The Hall–Kier alpha value is -4.17. The van der Waals surface area contributed by atoms with E-state index in [-0.39, 0.29) is 28.7 Å². The second kappa shape index (κ2) is 8.52. The van der Waals surface area contributed by atoms with E-state index >= 15 is 0 Å². The Kier molecular flexibility index (Phi) is 5.61. The monoisotopic (exact) mass is 450 g/mol. The Morgan fingerprint density at radius 2 is 2.12 bits per heavy atom. The second-order valence-corrected chi connectivity index (χ2v) is 7.40. The van der Waals surface area contributed by atoms with Crippen LogP contribution in [0.1, 0.15) is 37.2 Å². The fourth-order valence-electron chi connectivity index (χ4n) is 3.49. The molecular formula is C20H19ClN10O. The molecule has 3 heterocycles. The van der Waals surface area contributed by atoms with Crippen LogP contribution in [0.4, 0.5) is 17.6 Å². The van der Waals surface area contributed by atoms with Crippen LogP contribution < -0.4 is 22.3 Å². The van der Waals surface area contributed by atoms with Gasteiger partial charge >= 0.3 is 0 Å². The minimum atomic E-state index is -0.521. The number of nitrogens with one attached hydrogen (secondary N) is 2. The summed E-state index contributed by atoms with van der Waals surface area (Å²) in [6.07, 6.45) is 4.40. The average molecular weight is 451 g/mol. The maximum absolute atomic E-state index is 13.5. The Morgan fingerprint density at radius 1 is 1.31 bits per heavy atom. The lowest BCUT2D eigenvalue weighted by molar-refractivity contribution is 0.615. The van der Waals surface area contributed by atoms with Gasteiger partial charge in [-0.3, -0.25) is 14.5 Å². The van der Waals surface area contributed by atoms with E-state index in [0.29, 0.717) is 33.9 Å². The highest BCUT2D eigenvalue weighted by Crippen LogP contribution is 2.29. The third-order valence-electron chi connectivity index (χ3n) is 4.88. The number of nitrogens with two attached hydrogens (primary N) is 2. The molecule has 0 fully saturated rings. The van der Waals surface area contributed by atoms with E-state index in [0.717, 1.165) is 6.42 Å². The average Bonchev–Trinajstić information content (AvgIpc) is 3.27. The number of aromatic nitrogens is 6. The Bertz CT molecular complexity index is 1390. The van der Waals surface area contributed by atoms with Gasteiger partial charge in [-0.1, -0.05) is 31.0 Å². The molecule has 1 atom stereocenters. The number of halogens is 1. The third-order valence-corrected chi connectivity index (χ3v) is 5.20. The van der Waals surface area contributed by atoms with Crippen molar-refractivity contribution in [2.24, 2.45) is 0 Å². The number of rotatable bonds is 6. The third kappa shape index (κ3) is 3.67. The van der Waals surface area contributed by atoms with Gasteiger partial charge < -0.3 is 16.8 Å². The topological polar surface area (TPSA) is 177 Å². The van der Waals surface area contributed by atoms with Crippen LogP contribution in [0.5, 0.6) is 0 Å². The van der Waals surface area contributed by atoms with Gasteiger partial charge in [-0.15, -0.1) is 0 Å². The lowest BCUT2D eigenvalue weighted by Gasteiger charge is -2.23. The largest absolute Gasteiger partial charge is 0.382 e. The summed E-state index contributed by atoms with van der Waals surface area (Å²) in [6, 6.07) is 6.55. The van der Waals surface area contributed by atoms with Crippen LogP contribution in [0.3, 0.4) is 0 Å². The van der Waals surface area contributed by atoms with Crippen molar-refractivity contribution in [3.8, 4) is 11.8 Å². The number of hydrogen-bond acceptors (Lipinski definition) is 9. The molecule has 162 valence electrons. The van der Waals surface area contributed by atoms with Crippen molar-refractivity contribution in [1.29, 1.82) is 5.26 Å². The van der Waals surface area contributed by atoms with Crippen LogP contribution >= 0.6 is 11.6 Å². The molecule has 12 heteroatoms. The van der Waals surface area contributed by atoms with Gasteiger partial charge in [0.15, 0.2) is 5.82 Å². The van der Waals surface area contributed by atoms with Crippen molar-refractivity contribution in [2.75, 3.05) is 16.8 Å². The van der Waals surface area contributed by atoms with Crippen molar-refractivity contribution in [3.05, 3.63) is 57.4 Å². The minimum absolute atomic E-state index is 0.0387. The zero-order chi connectivity index (χ0) is 22.8. The number of nitriles is 1. The molecule has 0 saturated carbocycles. The van der Waals surface area contributed by atoms with E-state index in [1.165, 1.54) is 10.8 Å². The number of aromatic amines is 1. The maximum Gasteiger partial charge on any atom is 0.267 e. The Morgan fingerprint density at radius 3 is 2.81 bits per heavy atom. The van der Waals surface area contributed by atoms with Crippen molar-refractivity contribution >= 4 is 40.1 Å². The summed E-state index contributed by atoms with van der Waals surface area (Å²) < 4.78 is 1.44. The molecule has 6 N–H and O–H groups in total. The number of hydrogen-bond donors (Lipinski definition) is 4. The summed E-state index contributed by atoms with van der Waals surface area (Å²) in [5.74, 6) is 0.441. The zero-order valence-electron chi connectivity index (χ0n) is 17.0.